The molecule has 1 rings (SSSR count). The maximum absolute atomic E-state index is 12.1. The molecule has 1 aromatic carbocycles. The number of benzene rings is 1. The molecule has 1 unspecified atom stereocenters. The number of amides is 3. The maximum Gasteiger partial charge on any atom is 0.426 e. The van der Waals surface area contributed by atoms with E-state index in [1.54, 1.807) is 20.8 Å². The molecule has 0 aromatic heterocycles. The quantitative estimate of drug-likeness (QED) is 0.613. The van der Waals surface area contributed by atoms with E-state index in [4.69, 9.17) is 9.47 Å². The molecule has 0 aliphatic carbocycles. The fourth-order valence-corrected chi connectivity index (χ4v) is 2.02. The molecule has 0 bridgehead atoms. The summed E-state index contributed by atoms with van der Waals surface area (Å²) in [7, 11) is 0. The van der Waals surface area contributed by atoms with Crippen LogP contribution >= 0.6 is 0 Å². The molecule has 3 amide bonds. The van der Waals surface area contributed by atoms with Crippen LogP contribution in [0.1, 0.15) is 46.6 Å². The molecule has 0 aliphatic rings. The Morgan fingerprint density at radius 1 is 1.07 bits per heavy atom. The van der Waals surface area contributed by atoms with Gasteiger partial charge in [0.1, 0.15) is 12.2 Å². The van der Waals surface area contributed by atoms with Crippen LogP contribution in [0.4, 0.5) is 9.59 Å². The third-order valence-corrected chi connectivity index (χ3v) is 3.59. The lowest BCUT2D eigenvalue weighted by Gasteiger charge is -2.29. The van der Waals surface area contributed by atoms with Crippen molar-refractivity contribution < 1.29 is 23.9 Å². The van der Waals surface area contributed by atoms with E-state index in [1.165, 1.54) is 5.01 Å². The highest BCUT2D eigenvalue weighted by Crippen LogP contribution is 2.08. The lowest BCUT2D eigenvalue weighted by atomic mass is 10.2. The van der Waals surface area contributed by atoms with Crippen molar-refractivity contribution >= 4 is 18.1 Å². The Balaban J connectivity index is 2.45. The van der Waals surface area contributed by atoms with Gasteiger partial charge in [0, 0.05) is 6.04 Å². The molecule has 28 heavy (non-hydrogen) atoms. The second-order valence-electron chi connectivity index (χ2n) is 7.23. The second kappa shape index (κ2) is 11.1. The Kier molecular flexibility index (Phi) is 9.23. The predicted molar refractivity (Wildman–Crippen MR) is 104 cm³/mol. The number of hydrogen-bond acceptors (Lipinski definition) is 6. The van der Waals surface area contributed by atoms with E-state index < -0.39 is 23.7 Å². The SMILES string of the molecule is CCC(C)N(CC(=O)NNC(=O)OCc1ccccc1)NC(=O)OC(C)(C)C. The van der Waals surface area contributed by atoms with Crippen molar-refractivity contribution in [3.8, 4) is 0 Å². The molecule has 1 atom stereocenters. The number of rotatable bonds is 7. The molecule has 3 N–H and O–H groups in total. The summed E-state index contributed by atoms with van der Waals surface area (Å²) in [5.41, 5.74) is 7.16. The van der Waals surface area contributed by atoms with Crippen LogP contribution in [-0.4, -0.2) is 41.3 Å². The highest BCUT2D eigenvalue weighted by atomic mass is 16.6. The summed E-state index contributed by atoms with van der Waals surface area (Å²) in [4.78, 5) is 35.7. The minimum Gasteiger partial charge on any atom is -0.443 e. The van der Waals surface area contributed by atoms with Crippen LogP contribution in [0.15, 0.2) is 30.3 Å². The number of carbonyl (C=O) groups is 3. The Labute approximate surface area is 165 Å². The van der Waals surface area contributed by atoms with Crippen LogP contribution in [0.2, 0.25) is 0 Å². The molecule has 0 fully saturated rings. The maximum atomic E-state index is 12.1. The van der Waals surface area contributed by atoms with Crippen molar-refractivity contribution in [3.63, 3.8) is 0 Å². The minimum atomic E-state index is -0.785. The van der Waals surface area contributed by atoms with Crippen LogP contribution in [0, 0.1) is 0 Å². The second-order valence-corrected chi connectivity index (χ2v) is 7.23. The van der Waals surface area contributed by atoms with Gasteiger partial charge in [-0.15, -0.1) is 0 Å². The van der Waals surface area contributed by atoms with Crippen molar-refractivity contribution in [3.05, 3.63) is 35.9 Å². The molecule has 9 heteroatoms. The third-order valence-electron chi connectivity index (χ3n) is 3.59. The van der Waals surface area contributed by atoms with Gasteiger partial charge in [-0.2, -0.15) is 0 Å². The number of hydrazine groups is 2. The van der Waals surface area contributed by atoms with Gasteiger partial charge >= 0.3 is 12.2 Å². The van der Waals surface area contributed by atoms with E-state index in [1.807, 2.05) is 44.2 Å². The van der Waals surface area contributed by atoms with Crippen molar-refractivity contribution in [2.24, 2.45) is 0 Å². The molecule has 9 nitrogen and oxygen atoms in total. The smallest absolute Gasteiger partial charge is 0.426 e. The Morgan fingerprint density at radius 2 is 1.71 bits per heavy atom. The highest BCUT2D eigenvalue weighted by Gasteiger charge is 2.22. The molecule has 0 radical (unpaired) electrons. The number of nitrogens with one attached hydrogen (secondary N) is 3. The monoisotopic (exact) mass is 394 g/mol. The Bertz CT molecular complexity index is 645. The first-order valence-corrected chi connectivity index (χ1v) is 9.12. The van der Waals surface area contributed by atoms with Crippen molar-refractivity contribution in [1.82, 2.24) is 21.3 Å². The average Bonchev–Trinajstić information content (AvgIpc) is 2.62. The summed E-state index contributed by atoms with van der Waals surface area (Å²) >= 11 is 0. The largest absolute Gasteiger partial charge is 0.443 e. The van der Waals surface area contributed by atoms with Crippen molar-refractivity contribution in [1.29, 1.82) is 0 Å². The van der Waals surface area contributed by atoms with E-state index in [0.717, 1.165) is 5.56 Å². The number of ether oxygens (including phenoxy) is 2. The van der Waals surface area contributed by atoms with Gasteiger partial charge in [0.15, 0.2) is 0 Å². The predicted octanol–water partition coefficient (Wildman–Crippen LogP) is 2.48. The Morgan fingerprint density at radius 3 is 2.29 bits per heavy atom. The summed E-state index contributed by atoms with van der Waals surface area (Å²) in [6, 6.07) is 9.04. The van der Waals surface area contributed by atoms with Crippen molar-refractivity contribution in [2.45, 2.75) is 59.3 Å². The first-order chi connectivity index (χ1) is 13.1. The number of nitrogens with zero attached hydrogens (tertiary/aromatic N) is 1. The van der Waals surface area contributed by atoms with Gasteiger partial charge < -0.3 is 9.47 Å². The fraction of sp³-hybridized carbons (Fsp3) is 0.526. The Hall–Kier alpha value is -2.81. The van der Waals surface area contributed by atoms with Crippen LogP contribution in [-0.2, 0) is 20.9 Å². The number of carbonyl (C=O) groups excluding carboxylic acids is 3. The zero-order valence-corrected chi connectivity index (χ0v) is 17.1. The van der Waals surface area contributed by atoms with Crippen molar-refractivity contribution in [2.75, 3.05) is 6.54 Å². The molecule has 1 aromatic rings. The minimum absolute atomic E-state index is 0.0851. The lowest BCUT2D eigenvalue weighted by Crippen LogP contribution is -2.54. The molecular formula is C19H30N4O5. The van der Waals surface area contributed by atoms with Crippen LogP contribution in [0.3, 0.4) is 0 Å². The van der Waals surface area contributed by atoms with Gasteiger partial charge in [0.25, 0.3) is 5.91 Å². The normalized spacial score (nSPS) is 12.1. The molecular weight excluding hydrogens is 364 g/mol. The van der Waals surface area contributed by atoms with Crippen LogP contribution in [0.25, 0.3) is 0 Å². The zero-order valence-electron chi connectivity index (χ0n) is 17.1. The number of hydrogen-bond donors (Lipinski definition) is 3. The molecule has 0 aliphatic heterocycles. The summed E-state index contributed by atoms with van der Waals surface area (Å²) in [6.45, 7) is 8.93. The summed E-state index contributed by atoms with van der Waals surface area (Å²) in [5, 5.41) is 1.44. The van der Waals surface area contributed by atoms with Crippen LogP contribution in [0.5, 0.6) is 0 Å². The zero-order chi connectivity index (χ0) is 21.2. The average molecular weight is 394 g/mol. The summed E-state index contributed by atoms with van der Waals surface area (Å²) in [6.07, 6.45) is -0.751. The standard InChI is InChI=1S/C19H30N4O5/c1-6-14(2)23(22-18(26)28-19(3,4)5)12-16(24)20-21-17(25)27-13-15-10-8-7-9-11-15/h7-11,14H,6,12-13H2,1-5H3,(H,20,24)(H,21,25)(H,22,26). The topological polar surface area (TPSA) is 109 Å². The summed E-state index contributed by atoms with van der Waals surface area (Å²) in [5.74, 6) is -0.520. The molecule has 0 spiro atoms. The highest BCUT2D eigenvalue weighted by molar-refractivity contribution is 5.81. The van der Waals surface area contributed by atoms with Gasteiger partial charge in [-0.1, -0.05) is 37.3 Å². The molecule has 0 saturated carbocycles. The first kappa shape index (κ1) is 23.2. The fourth-order valence-electron chi connectivity index (χ4n) is 2.02. The van der Waals surface area contributed by atoms with Gasteiger partial charge in [0.05, 0.1) is 6.54 Å². The lowest BCUT2D eigenvalue weighted by molar-refractivity contribution is -0.124. The summed E-state index contributed by atoms with van der Waals surface area (Å²) < 4.78 is 10.2. The van der Waals surface area contributed by atoms with Gasteiger partial charge in [-0.25, -0.2) is 20.0 Å². The molecule has 0 heterocycles. The van der Waals surface area contributed by atoms with Crippen LogP contribution < -0.4 is 16.3 Å². The van der Waals surface area contributed by atoms with Gasteiger partial charge in [0.2, 0.25) is 0 Å². The van der Waals surface area contributed by atoms with E-state index in [0.29, 0.717) is 6.42 Å². The molecule has 156 valence electrons. The van der Waals surface area contributed by atoms with Gasteiger partial charge in [-0.3, -0.25) is 15.6 Å². The van der Waals surface area contributed by atoms with E-state index in [-0.39, 0.29) is 19.2 Å². The third kappa shape index (κ3) is 9.77. The van der Waals surface area contributed by atoms with E-state index in [9.17, 15) is 14.4 Å². The van der Waals surface area contributed by atoms with E-state index >= 15 is 0 Å². The van der Waals surface area contributed by atoms with Gasteiger partial charge in [-0.05, 0) is 39.7 Å². The first-order valence-electron chi connectivity index (χ1n) is 9.12. The molecule has 0 saturated heterocycles. The van der Waals surface area contributed by atoms with E-state index in [2.05, 4.69) is 16.3 Å².